The first kappa shape index (κ1) is 63.0. The molecule has 8 heterocycles. The number of aliphatic hydroxyl groups is 2. The van der Waals surface area contributed by atoms with Crippen LogP contribution in [-0.4, -0.2) is 127 Å². The molecule has 6 unspecified atom stereocenters. The van der Waals surface area contributed by atoms with Crippen LogP contribution in [-0.2, 0) is 56.3 Å². The summed E-state index contributed by atoms with van der Waals surface area (Å²) in [6.45, 7) is 3.76. The lowest BCUT2D eigenvalue weighted by Crippen LogP contribution is -2.43. The normalized spacial score (nSPS) is 32.1. The number of aromatic nitrogens is 4. The van der Waals surface area contributed by atoms with E-state index in [1.807, 2.05) is 0 Å². The summed E-state index contributed by atoms with van der Waals surface area (Å²) in [4.78, 5) is 82.7. The summed E-state index contributed by atoms with van der Waals surface area (Å²) in [6.07, 6.45) is -0.275. The summed E-state index contributed by atoms with van der Waals surface area (Å²) < 4.78 is 105. The quantitative estimate of drug-likeness (QED) is 0.0835. The molecule has 2 aromatic carbocycles. The van der Waals surface area contributed by atoms with E-state index in [0.717, 1.165) is 23.0 Å². The van der Waals surface area contributed by atoms with Gasteiger partial charge in [-0.15, -0.1) is 0 Å². The number of aliphatic hydroxyl groups excluding tert-OH is 2. The van der Waals surface area contributed by atoms with E-state index < -0.39 is 118 Å². The topological polar surface area (TPSA) is 335 Å². The van der Waals surface area contributed by atoms with Crippen molar-refractivity contribution in [3.05, 3.63) is 118 Å². The van der Waals surface area contributed by atoms with Gasteiger partial charge in [0.2, 0.25) is 11.8 Å². The molecule has 0 saturated carbocycles. The first-order valence-corrected chi connectivity index (χ1v) is 29.4. The van der Waals surface area contributed by atoms with Gasteiger partial charge in [0.15, 0.2) is 23.8 Å². The number of anilines is 2. The van der Waals surface area contributed by atoms with Gasteiger partial charge in [-0.2, -0.15) is 20.1 Å². The molecule has 6 aliphatic rings. The molecule has 8 bridgehead atoms. The lowest BCUT2D eigenvalue weighted by atomic mass is 9.98. The molecule has 4 aromatic rings. The fraction of sp³-hybridized carbons (Fsp3) is 0.500. The Morgan fingerprint density at radius 1 is 0.598 bits per heavy atom. The summed E-state index contributed by atoms with van der Waals surface area (Å²) in [5.41, 5.74) is -6.84. The number of carbonyl (C=O) groups excluding carboxylic acids is 4. The summed E-state index contributed by atoms with van der Waals surface area (Å²) in [5, 5.41) is 31.5. The minimum absolute atomic E-state index is 0.0107. The number of ether oxygens (including phenoxy) is 4. The number of allylic oxidation sites excluding steroid dienone is 1. The van der Waals surface area contributed by atoms with Gasteiger partial charge in [-0.25, -0.2) is 27.5 Å². The number of rotatable bonds is 4. The van der Waals surface area contributed by atoms with Gasteiger partial charge >= 0.3 is 38.8 Å². The molecule has 26 nitrogen and oxygen atoms in total. The molecule has 446 valence electrons. The van der Waals surface area contributed by atoms with E-state index in [4.69, 9.17) is 37.0 Å². The number of esters is 2. The third-order valence-electron chi connectivity index (χ3n) is 13.1. The molecular weight excluding hydrogens is 1120 g/mol. The van der Waals surface area contributed by atoms with Crippen LogP contribution in [0.4, 0.5) is 20.4 Å². The number of halogens is 2. The Morgan fingerprint density at radius 2 is 1.02 bits per heavy atom. The standard InChI is InChI=1S/C26H34FN4O9P.C26H32FN4O9P/c2*1-17-23(34)37-15-9-4-3-8-12-21(32)28-20-13-14-31(25(35)29-20)24-26(2,27)22(33)19(39-24)16-38-41(36,30-17)40-18-10-6-5-7-11-18/h5-7,10-11,13-14,17,19,22,24,33H,3-4,8-9,12,15-16H2,1-2H3,(H,30,36)(H,28,29,32,35);3-7,10-11,13-14,17,19,22,24,33H,8-9,12,15-16H2,1-2H3,(H,30,36)(H,28,29,32,35)/t2*17-,19?,22+,24?,26+,41?/m00/s1. The highest BCUT2D eigenvalue weighted by Crippen LogP contribution is 2.49. The molecule has 0 aliphatic carbocycles. The van der Waals surface area contributed by atoms with Crippen molar-refractivity contribution in [1.29, 1.82) is 0 Å². The summed E-state index contributed by atoms with van der Waals surface area (Å²) in [6, 6.07) is 16.4. The number of alkyl halides is 2. The van der Waals surface area contributed by atoms with Crippen molar-refractivity contribution in [2.24, 2.45) is 0 Å². The number of amides is 2. The van der Waals surface area contributed by atoms with Crippen LogP contribution in [0.1, 0.15) is 91.5 Å². The highest BCUT2D eigenvalue weighted by Gasteiger charge is 2.57. The number of carbonyl (C=O) groups is 4. The molecule has 82 heavy (non-hydrogen) atoms. The molecule has 6 aliphatic heterocycles. The molecule has 30 heteroatoms. The van der Waals surface area contributed by atoms with Gasteiger partial charge in [0, 0.05) is 25.2 Å². The van der Waals surface area contributed by atoms with Gasteiger partial charge < -0.3 is 48.8 Å². The van der Waals surface area contributed by atoms with Gasteiger partial charge in [0.05, 0.1) is 26.4 Å². The summed E-state index contributed by atoms with van der Waals surface area (Å²) in [5.74, 6) is -1.90. The molecule has 2 aromatic heterocycles. The number of hydrogen-bond acceptors (Lipinski definition) is 20. The van der Waals surface area contributed by atoms with E-state index >= 15 is 8.78 Å². The van der Waals surface area contributed by atoms with E-state index in [-0.39, 0.29) is 55.1 Å². The highest BCUT2D eigenvalue weighted by molar-refractivity contribution is 7.52. The van der Waals surface area contributed by atoms with Crippen molar-refractivity contribution in [2.45, 2.75) is 139 Å². The van der Waals surface area contributed by atoms with Gasteiger partial charge in [0.1, 0.15) is 59.6 Å². The molecular formula is C52H66F2N8O18P2. The number of benzene rings is 2. The predicted molar refractivity (Wildman–Crippen MR) is 288 cm³/mol. The Labute approximate surface area is 469 Å². The number of para-hydroxylation sites is 2. The summed E-state index contributed by atoms with van der Waals surface area (Å²) in [7, 11) is -8.65. The van der Waals surface area contributed by atoms with Crippen molar-refractivity contribution >= 4 is 50.9 Å². The van der Waals surface area contributed by atoms with Crippen LogP contribution in [0.3, 0.4) is 0 Å². The van der Waals surface area contributed by atoms with Crippen LogP contribution < -0.4 is 41.2 Å². The molecule has 2 fully saturated rings. The second-order valence-electron chi connectivity index (χ2n) is 19.7. The highest BCUT2D eigenvalue weighted by atomic mass is 31.2. The number of hydrogen-bond donors (Lipinski definition) is 6. The van der Waals surface area contributed by atoms with E-state index in [2.05, 4.69) is 30.8 Å². The first-order valence-electron chi connectivity index (χ1n) is 26.3. The van der Waals surface area contributed by atoms with Gasteiger partial charge in [0.25, 0.3) is 0 Å². The van der Waals surface area contributed by atoms with E-state index in [1.54, 1.807) is 48.6 Å². The van der Waals surface area contributed by atoms with Crippen molar-refractivity contribution in [3.8, 4) is 11.5 Å². The number of nitrogens with one attached hydrogen (secondary N) is 4. The van der Waals surface area contributed by atoms with Crippen LogP contribution in [0, 0.1) is 0 Å². The van der Waals surface area contributed by atoms with E-state index in [0.29, 0.717) is 38.5 Å². The summed E-state index contributed by atoms with van der Waals surface area (Å²) >= 11 is 0. The molecule has 10 rings (SSSR count). The monoisotopic (exact) mass is 1190 g/mol. The Morgan fingerprint density at radius 3 is 1.49 bits per heavy atom. The van der Waals surface area contributed by atoms with Gasteiger partial charge in [-0.3, -0.25) is 37.4 Å². The zero-order valence-corrected chi connectivity index (χ0v) is 47.0. The molecule has 2 amide bonds. The Balaban J connectivity index is 0.000000236. The largest absolute Gasteiger partial charge is 0.465 e. The van der Waals surface area contributed by atoms with Gasteiger partial charge in [-0.1, -0.05) is 61.4 Å². The maximum Gasteiger partial charge on any atom is 0.459 e. The van der Waals surface area contributed by atoms with Gasteiger partial charge in [-0.05, 0) is 89.8 Å². The molecule has 2 saturated heterocycles. The minimum Gasteiger partial charge on any atom is -0.465 e. The van der Waals surface area contributed by atoms with Crippen LogP contribution in [0.15, 0.2) is 107 Å². The van der Waals surface area contributed by atoms with Crippen molar-refractivity contribution in [3.63, 3.8) is 0 Å². The van der Waals surface area contributed by atoms with E-state index in [9.17, 15) is 48.1 Å². The van der Waals surface area contributed by atoms with Crippen LogP contribution >= 0.6 is 15.5 Å². The van der Waals surface area contributed by atoms with Crippen molar-refractivity contribution in [1.82, 2.24) is 29.3 Å². The smallest absolute Gasteiger partial charge is 0.459 e. The first-order chi connectivity index (χ1) is 39.0. The molecule has 12 atom stereocenters. The van der Waals surface area contributed by atoms with Crippen LogP contribution in [0.2, 0.25) is 0 Å². The zero-order chi connectivity index (χ0) is 59.2. The number of fused-ring (bicyclic) bond motifs is 31. The third kappa shape index (κ3) is 16.8. The minimum atomic E-state index is -4.33. The lowest BCUT2D eigenvalue weighted by Gasteiger charge is -2.25. The Kier molecular flexibility index (Phi) is 21.6. The van der Waals surface area contributed by atoms with Crippen molar-refractivity contribution < 1.29 is 84.3 Å². The third-order valence-corrected chi connectivity index (χ3v) is 16.4. The van der Waals surface area contributed by atoms with Crippen LogP contribution in [0.5, 0.6) is 11.5 Å². The maximum absolute atomic E-state index is 15.7. The SMILES string of the molecule is C[C@@H]1NP(=O)(Oc2ccccc2)OCC2OC(n3ccc(nc3=O)NC(=O)CCC=CCCOC1=O)[C@](C)(F)[C@@H]2O.C[C@@H]1NP(=O)(Oc2ccccc2)OCC2OC(n3ccc(nc3=O)NC(=O)CCCCCCOC1=O)[C@](C)(F)[C@@H]2O. The predicted octanol–water partition coefficient (Wildman–Crippen LogP) is 5.49. The van der Waals surface area contributed by atoms with Crippen LogP contribution in [0.25, 0.3) is 0 Å². The zero-order valence-electron chi connectivity index (χ0n) is 45.2. The Bertz CT molecular complexity index is 3100. The fourth-order valence-corrected chi connectivity index (χ4v) is 11.6. The number of nitrogens with zero attached hydrogens (tertiary/aromatic N) is 4. The molecule has 0 radical (unpaired) electrons. The second kappa shape index (κ2) is 28.1. The van der Waals surface area contributed by atoms with E-state index in [1.165, 1.54) is 62.6 Å². The molecule has 0 spiro atoms. The lowest BCUT2D eigenvalue weighted by molar-refractivity contribution is -0.146. The fourth-order valence-electron chi connectivity index (χ4n) is 8.62. The average Bonchev–Trinajstić information content (AvgIpc) is 3.64. The van der Waals surface area contributed by atoms with Crippen molar-refractivity contribution in [2.75, 3.05) is 37.1 Å². The Hall–Kier alpha value is -6.58. The second-order valence-corrected chi connectivity index (χ2v) is 23.1. The maximum atomic E-state index is 15.7. The average molecular weight is 1190 g/mol. The molecule has 6 N–H and O–H groups in total.